The van der Waals surface area contributed by atoms with Crippen LogP contribution in [-0.4, -0.2) is 22.2 Å². The van der Waals surface area contributed by atoms with Crippen molar-refractivity contribution < 1.29 is 14.3 Å². The van der Waals surface area contributed by atoms with Gasteiger partial charge >= 0.3 is 0 Å². The van der Waals surface area contributed by atoms with Crippen LogP contribution >= 0.6 is 23.1 Å². The highest BCUT2D eigenvalue weighted by Crippen LogP contribution is 2.38. The first-order valence-corrected chi connectivity index (χ1v) is 12.1. The molecule has 5 rings (SSSR count). The lowest BCUT2D eigenvalue weighted by molar-refractivity contribution is -0.115. The molecule has 0 radical (unpaired) electrons. The Morgan fingerprint density at radius 2 is 1.85 bits per heavy atom. The molecule has 0 atom stereocenters. The lowest BCUT2D eigenvalue weighted by atomic mass is 10.0. The number of nitrogens with zero attached hydrogens (tertiary/aromatic N) is 1. The van der Waals surface area contributed by atoms with Crippen molar-refractivity contribution in [2.45, 2.75) is 20.0 Å². The van der Waals surface area contributed by atoms with Gasteiger partial charge in [0.2, 0.25) is 0 Å². The molecule has 2 aromatic carbocycles. The average molecular weight is 473 g/mol. The second-order valence-corrected chi connectivity index (χ2v) is 9.94. The number of rotatable bonds is 5. The van der Waals surface area contributed by atoms with Crippen molar-refractivity contribution in [2.24, 2.45) is 0 Å². The number of benzene rings is 2. The number of fused-ring (bicyclic) bond motifs is 1. The van der Waals surface area contributed by atoms with Gasteiger partial charge in [-0.25, -0.2) is 0 Å². The van der Waals surface area contributed by atoms with Gasteiger partial charge in [0.25, 0.3) is 11.1 Å². The predicted octanol–water partition coefficient (Wildman–Crippen LogP) is 6.74. The van der Waals surface area contributed by atoms with Gasteiger partial charge in [-0.3, -0.25) is 19.9 Å². The van der Waals surface area contributed by atoms with Crippen LogP contribution in [0.3, 0.4) is 0 Å². The zero-order valence-corrected chi connectivity index (χ0v) is 19.6. The highest BCUT2D eigenvalue weighted by Gasteiger charge is 2.25. The van der Waals surface area contributed by atoms with E-state index in [1.165, 1.54) is 0 Å². The summed E-state index contributed by atoms with van der Waals surface area (Å²) in [6.45, 7) is 4.04. The van der Waals surface area contributed by atoms with Gasteiger partial charge in [-0.05, 0) is 85.3 Å². The average Bonchev–Trinajstić information content (AvgIpc) is 3.39. The Bertz CT molecular complexity index is 1420. The summed E-state index contributed by atoms with van der Waals surface area (Å²) < 4.78 is 5.85. The minimum absolute atomic E-state index is 0.123. The summed E-state index contributed by atoms with van der Waals surface area (Å²) in [6.07, 6.45) is 3.67. The number of amides is 2. The molecule has 1 aliphatic heterocycles. The van der Waals surface area contributed by atoms with E-state index in [9.17, 15) is 9.59 Å². The van der Waals surface area contributed by atoms with Gasteiger partial charge in [-0.2, -0.15) is 0 Å². The second-order valence-electron chi connectivity index (χ2n) is 7.85. The molecule has 1 N–H and O–H groups in total. The van der Waals surface area contributed by atoms with Crippen LogP contribution in [0.2, 0.25) is 0 Å². The number of hydrogen-bond acceptors (Lipinski definition) is 6. The zero-order valence-electron chi connectivity index (χ0n) is 18.0. The molecule has 2 aromatic heterocycles. The first-order chi connectivity index (χ1) is 16.0. The van der Waals surface area contributed by atoms with Gasteiger partial charge in [0.1, 0.15) is 5.75 Å². The minimum Gasteiger partial charge on any atom is -0.491 e. The number of pyridine rings is 1. The number of carbonyl (C=O) groups is 2. The van der Waals surface area contributed by atoms with E-state index in [1.807, 2.05) is 56.4 Å². The standard InChI is InChI=1S/C26H20N2O3S2/c1-15(2)31-18-5-3-4-17(14-18)22-8-9-23(32-22)19-10-11-27-21-7-6-16(12-20(19)21)13-24-25(29)28-26(30)33-24/h3-15H,1-2H3,(H,28,29,30)/b24-13+. The largest absolute Gasteiger partial charge is 0.491 e. The van der Waals surface area contributed by atoms with Crippen molar-refractivity contribution in [3.8, 4) is 26.6 Å². The summed E-state index contributed by atoms with van der Waals surface area (Å²) in [5, 5.41) is 2.94. The van der Waals surface area contributed by atoms with E-state index in [0.29, 0.717) is 4.91 Å². The summed E-state index contributed by atoms with van der Waals surface area (Å²) in [7, 11) is 0. The first kappa shape index (κ1) is 21.4. The molecule has 164 valence electrons. The number of aromatic nitrogens is 1. The van der Waals surface area contributed by atoms with Crippen LogP contribution < -0.4 is 10.1 Å². The molecule has 2 amide bonds. The van der Waals surface area contributed by atoms with Gasteiger partial charge in [-0.1, -0.05) is 18.2 Å². The molecule has 4 aromatic rings. The monoisotopic (exact) mass is 472 g/mol. The quantitative estimate of drug-likeness (QED) is 0.326. The maximum Gasteiger partial charge on any atom is 0.290 e. The molecule has 7 heteroatoms. The number of carbonyl (C=O) groups excluding carboxylic acids is 2. The SMILES string of the molecule is CC(C)Oc1cccc(-c2ccc(-c3ccnc4ccc(/C=C5/SC(=O)NC5=O)cc34)s2)c1. The van der Waals surface area contributed by atoms with Crippen LogP contribution in [0.1, 0.15) is 19.4 Å². The van der Waals surface area contributed by atoms with Crippen molar-refractivity contribution in [3.05, 3.63) is 77.3 Å². The molecule has 0 aliphatic carbocycles. The van der Waals surface area contributed by atoms with E-state index in [2.05, 4.69) is 34.6 Å². The summed E-state index contributed by atoms with van der Waals surface area (Å²) in [6, 6.07) is 20.2. The third-order valence-electron chi connectivity index (χ3n) is 5.07. The second kappa shape index (κ2) is 8.84. The zero-order chi connectivity index (χ0) is 22.9. The fourth-order valence-corrected chi connectivity index (χ4v) is 5.40. The Morgan fingerprint density at radius 3 is 2.64 bits per heavy atom. The topological polar surface area (TPSA) is 68.3 Å². The highest BCUT2D eigenvalue weighted by atomic mass is 32.2. The molecule has 0 spiro atoms. The van der Waals surface area contributed by atoms with Gasteiger partial charge < -0.3 is 4.74 Å². The smallest absolute Gasteiger partial charge is 0.290 e. The molecular formula is C26H20N2O3S2. The van der Waals surface area contributed by atoms with Crippen LogP contribution in [0, 0.1) is 0 Å². The molecular weight excluding hydrogens is 452 g/mol. The van der Waals surface area contributed by atoms with Crippen molar-refractivity contribution in [3.63, 3.8) is 0 Å². The Hall–Kier alpha value is -3.42. The Morgan fingerprint density at radius 1 is 1.00 bits per heavy atom. The van der Waals surface area contributed by atoms with Gasteiger partial charge in [0.05, 0.1) is 16.5 Å². The maximum absolute atomic E-state index is 11.9. The summed E-state index contributed by atoms with van der Waals surface area (Å²) in [5.74, 6) is 0.500. The summed E-state index contributed by atoms with van der Waals surface area (Å²) in [4.78, 5) is 30.6. The van der Waals surface area contributed by atoms with Gasteiger partial charge in [0, 0.05) is 26.9 Å². The number of ether oxygens (including phenoxy) is 1. The predicted molar refractivity (Wildman–Crippen MR) is 135 cm³/mol. The molecule has 33 heavy (non-hydrogen) atoms. The molecule has 1 aliphatic rings. The van der Waals surface area contributed by atoms with E-state index in [-0.39, 0.29) is 17.3 Å². The van der Waals surface area contributed by atoms with Crippen molar-refractivity contribution in [1.82, 2.24) is 10.3 Å². The summed E-state index contributed by atoms with van der Waals surface area (Å²) >= 11 is 2.63. The van der Waals surface area contributed by atoms with E-state index >= 15 is 0 Å². The van der Waals surface area contributed by atoms with Crippen LogP contribution in [0.5, 0.6) is 5.75 Å². The normalized spacial score (nSPS) is 14.9. The van der Waals surface area contributed by atoms with Crippen LogP contribution in [0.15, 0.2) is 71.8 Å². The molecule has 0 bridgehead atoms. The fourth-order valence-electron chi connectivity index (χ4n) is 3.67. The molecule has 0 saturated carbocycles. The molecule has 3 heterocycles. The maximum atomic E-state index is 11.9. The molecule has 1 saturated heterocycles. The Labute approximate surface area is 199 Å². The third-order valence-corrected chi connectivity index (χ3v) is 7.05. The van der Waals surface area contributed by atoms with Crippen LogP contribution in [-0.2, 0) is 4.79 Å². The summed E-state index contributed by atoms with van der Waals surface area (Å²) in [5.41, 5.74) is 3.91. The first-order valence-electron chi connectivity index (χ1n) is 10.5. The van der Waals surface area contributed by atoms with Crippen molar-refractivity contribution >= 4 is 51.2 Å². The lowest BCUT2D eigenvalue weighted by Crippen LogP contribution is -2.17. The number of thioether (sulfide) groups is 1. The minimum atomic E-state index is -0.358. The Kier molecular flexibility index (Phi) is 5.74. The van der Waals surface area contributed by atoms with Gasteiger partial charge in [-0.15, -0.1) is 11.3 Å². The molecule has 1 fully saturated rings. The van der Waals surface area contributed by atoms with Crippen molar-refractivity contribution in [2.75, 3.05) is 0 Å². The van der Waals surface area contributed by atoms with E-state index in [4.69, 9.17) is 4.74 Å². The van der Waals surface area contributed by atoms with Crippen LogP contribution in [0.4, 0.5) is 4.79 Å². The molecule has 5 nitrogen and oxygen atoms in total. The van der Waals surface area contributed by atoms with E-state index < -0.39 is 0 Å². The number of thiophene rings is 1. The lowest BCUT2D eigenvalue weighted by Gasteiger charge is -2.10. The molecule has 0 unspecified atom stereocenters. The fraction of sp³-hybridized carbons (Fsp3) is 0.115. The van der Waals surface area contributed by atoms with E-state index in [1.54, 1.807) is 17.4 Å². The third kappa shape index (κ3) is 4.55. The highest BCUT2D eigenvalue weighted by molar-refractivity contribution is 8.18. The van der Waals surface area contributed by atoms with Crippen molar-refractivity contribution in [1.29, 1.82) is 0 Å². The van der Waals surface area contributed by atoms with E-state index in [0.717, 1.165) is 54.9 Å². The number of nitrogens with one attached hydrogen (secondary N) is 1. The van der Waals surface area contributed by atoms with Crippen LogP contribution in [0.25, 0.3) is 37.9 Å². The Balaban J connectivity index is 1.52. The number of hydrogen-bond donors (Lipinski definition) is 1. The number of imide groups is 1. The van der Waals surface area contributed by atoms with Gasteiger partial charge in [0.15, 0.2) is 0 Å².